The predicted molar refractivity (Wildman–Crippen MR) is 128 cm³/mol. The Hall–Kier alpha value is -2.67. The zero-order valence-electron chi connectivity index (χ0n) is 16.7. The molecule has 0 unspecified atom stereocenters. The molecular formula is C23H17BrCl2N4O. The van der Waals surface area contributed by atoms with Crippen LogP contribution in [-0.4, -0.2) is 20.7 Å². The third-order valence-corrected chi connectivity index (χ3v) is 5.93. The van der Waals surface area contributed by atoms with Crippen LogP contribution in [-0.2, 0) is 0 Å². The van der Waals surface area contributed by atoms with Crippen molar-refractivity contribution in [2.75, 3.05) is 5.32 Å². The molecule has 31 heavy (non-hydrogen) atoms. The van der Waals surface area contributed by atoms with Crippen molar-refractivity contribution in [3.05, 3.63) is 92.1 Å². The first-order valence-electron chi connectivity index (χ1n) is 9.39. The van der Waals surface area contributed by atoms with Crippen molar-refractivity contribution in [3.63, 3.8) is 0 Å². The van der Waals surface area contributed by atoms with Gasteiger partial charge in [-0.05, 0) is 61.4 Å². The van der Waals surface area contributed by atoms with Crippen molar-refractivity contribution in [2.24, 2.45) is 0 Å². The molecular weight excluding hydrogens is 499 g/mol. The molecule has 5 nitrogen and oxygen atoms in total. The number of hydrogen-bond donors (Lipinski definition) is 1. The Morgan fingerprint density at radius 3 is 2.39 bits per heavy atom. The molecule has 0 aliphatic rings. The van der Waals surface area contributed by atoms with Gasteiger partial charge in [-0.15, -0.1) is 5.10 Å². The fraction of sp³-hybridized carbons (Fsp3) is 0.0870. The molecule has 1 amide bonds. The van der Waals surface area contributed by atoms with Gasteiger partial charge in [-0.3, -0.25) is 4.79 Å². The maximum absolute atomic E-state index is 13.0. The van der Waals surface area contributed by atoms with Gasteiger partial charge >= 0.3 is 0 Å². The summed E-state index contributed by atoms with van der Waals surface area (Å²) in [5, 5.41) is 8.47. The molecule has 0 saturated heterocycles. The van der Waals surface area contributed by atoms with Crippen molar-refractivity contribution >= 4 is 50.7 Å². The number of carbonyl (C=O) groups is 1. The first kappa shape index (κ1) is 21.6. The van der Waals surface area contributed by atoms with Crippen molar-refractivity contribution in [1.29, 1.82) is 0 Å². The number of aromatic nitrogens is 3. The largest absolute Gasteiger partial charge is 0.319 e. The summed E-state index contributed by atoms with van der Waals surface area (Å²) in [6.45, 7) is 3.81. The topological polar surface area (TPSA) is 59.8 Å². The van der Waals surface area contributed by atoms with E-state index in [-0.39, 0.29) is 5.82 Å². The molecule has 1 N–H and O–H groups in total. The lowest BCUT2D eigenvalue weighted by atomic mass is 10.2. The zero-order valence-corrected chi connectivity index (χ0v) is 19.8. The first-order valence-corrected chi connectivity index (χ1v) is 10.9. The van der Waals surface area contributed by atoms with Crippen LogP contribution in [0.4, 0.5) is 5.69 Å². The number of rotatable bonds is 4. The van der Waals surface area contributed by atoms with E-state index in [1.807, 2.05) is 56.3 Å². The molecule has 0 atom stereocenters. The van der Waals surface area contributed by atoms with Crippen LogP contribution < -0.4 is 5.32 Å². The van der Waals surface area contributed by atoms with Crippen LogP contribution in [0.25, 0.3) is 17.1 Å². The summed E-state index contributed by atoms with van der Waals surface area (Å²) < 4.78 is 2.56. The normalized spacial score (nSPS) is 10.9. The molecule has 8 heteroatoms. The standard InChI is InChI=1S/C23H17BrCl2N4O/c1-13-4-10-18(12-19(13)26)30-22(15-5-7-16(24)8-6-15)28-21(29-30)23(31)27-20-11-17(25)9-3-14(20)2/h3-12H,1-2H3,(H,27,31). The number of carbonyl (C=O) groups excluding carboxylic acids is 1. The SMILES string of the molecule is Cc1ccc(-n2nc(C(=O)Nc3cc(Cl)ccc3C)nc2-c2ccc(Br)cc2)cc1Cl. The van der Waals surface area contributed by atoms with Gasteiger partial charge in [0.05, 0.1) is 5.69 Å². The second kappa shape index (κ2) is 8.83. The molecule has 4 aromatic rings. The quantitative estimate of drug-likeness (QED) is 0.322. The summed E-state index contributed by atoms with van der Waals surface area (Å²) in [6, 6.07) is 18.5. The number of anilines is 1. The van der Waals surface area contributed by atoms with Crippen LogP contribution >= 0.6 is 39.1 Å². The summed E-state index contributed by atoms with van der Waals surface area (Å²) in [7, 11) is 0. The number of benzene rings is 3. The van der Waals surface area contributed by atoms with Gasteiger partial charge in [0.1, 0.15) is 0 Å². The third-order valence-electron chi connectivity index (χ3n) is 4.76. The highest BCUT2D eigenvalue weighted by atomic mass is 79.9. The summed E-state index contributed by atoms with van der Waals surface area (Å²) in [4.78, 5) is 17.5. The average molecular weight is 516 g/mol. The smallest absolute Gasteiger partial charge is 0.295 e. The van der Waals surface area contributed by atoms with Gasteiger partial charge in [0, 0.05) is 25.8 Å². The second-order valence-corrected chi connectivity index (χ2v) is 8.78. The Morgan fingerprint density at radius 2 is 1.68 bits per heavy atom. The van der Waals surface area contributed by atoms with Gasteiger partial charge in [-0.25, -0.2) is 9.67 Å². The average Bonchev–Trinajstić information content (AvgIpc) is 3.19. The summed E-state index contributed by atoms with van der Waals surface area (Å²) in [5.74, 6) is 0.134. The van der Waals surface area contributed by atoms with E-state index in [1.165, 1.54) is 0 Å². The number of halogens is 3. The predicted octanol–water partition coefficient (Wildman–Crippen LogP) is 6.87. The number of aryl methyl sites for hydroxylation is 2. The Morgan fingerprint density at radius 1 is 0.968 bits per heavy atom. The van der Waals surface area contributed by atoms with E-state index in [2.05, 4.69) is 31.3 Å². The van der Waals surface area contributed by atoms with Crippen LogP contribution in [0, 0.1) is 13.8 Å². The maximum Gasteiger partial charge on any atom is 0.295 e. The van der Waals surface area contributed by atoms with E-state index in [0.717, 1.165) is 21.2 Å². The second-order valence-electron chi connectivity index (χ2n) is 7.02. The molecule has 0 spiro atoms. The molecule has 0 fully saturated rings. The highest BCUT2D eigenvalue weighted by Crippen LogP contribution is 2.26. The van der Waals surface area contributed by atoms with E-state index in [1.54, 1.807) is 22.9 Å². The van der Waals surface area contributed by atoms with E-state index >= 15 is 0 Å². The van der Waals surface area contributed by atoms with Crippen molar-refractivity contribution < 1.29 is 4.79 Å². The number of amides is 1. The monoisotopic (exact) mass is 514 g/mol. The maximum atomic E-state index is 13.0. The highest BCUT2D eigenvalue weighted by molar-refractivity contribution is 9.10. The summed E-state index contributed by atoms with van der Waals surface area (Å²) >= 11 is 15.8. The van der Waals surface area contributed by atoms with E-state index in [9.17, 15) is 4.79 Å². The third kappa shape index (κ3) is 4.66. The molecule has 156 valence electrons. The van der Waals surface area contributed by atoms with Crippen LogP contribution in [0.15, 0.2) is 65.1 Å². The molecule has 1 heterocycles. The molecule has 4 rings (SSSR count). The first-order chi connectivity index (χ1) is 14.8. The van der Waals surface area contributed by atoms with Gasteiger partial charge < -0.3 is 5.32 Å². The molecule has 3 aromatic carbocycles. The fourth-order valence-electron chi connectivity index (χ4n) is 2.99. The lowest BCUT2D eigenvalue weighted by Gasteiger charge is -2.08. The molecule has 0 bridgehead atoms. The minimum atomic E-state index is -0.430. The summed E-state index contributed by atoms with van der Waals surface area (Å²) in [5.41, 5.74) is 3.96. The lowest BCUT2D eigenvalue weighted by molar-refractivity contribution is 0.101. The van der Waals surface area contributed by atoms with Crippen molar-refractivity contribution in [1.82, 2.24) is 14.8 Å². The molecule has 0 saturated carbocycles. The minimum Gasteiger partial charge on any atom is -0.319 e. The van der Waals surface area contributed by atoms with Crippen molar-refractivity contribution in [2.45, 2.75) is 13.8 Å². The number of nitrogens with one attached hydrogen (secondary N) is 1. The molecule has 0 aliphatic heterocycles. The van der Waals surface area contributed by atoms with Crippen LogP contribution in [0.5, 0.6) is 0 Å². The Balaban J connectivity index is 1.78. The Bertz CT molecular complexity index is 1290. The van der Waals surface area contributed by atoms with Gasteiger partial charge in [0.25, 0.3) is 5.91 Å². The van der Waals surface area contributed by atoms with E-state index < -0.39 is 5.91 Å². The molecule has 0 radical (unpaired) electrons. The van der Waals surface area contributed by atoms with Crippen LogP contribution in [0.3, 0.4) is 0 Å². The fourth-order valence-corrected chi connectivity index (χ4v) is 3.61. The van der Waals surface area contributed by atoms with Gasteiger partial charge in [0.15, 0.2) is 5.82 Å². The Labute approximate surface area is 198 Å². The zero-order chi connectivity index (χ0) is 22.1. The Kier molecular flexibility index (Phi) is 6.14. The van der Waals surface area contributed by atoms with Gasteiger partial charge in [-0.1, -0.05) is 63.4 Å². The lowest BCUT2D eigenvalue weighted by Crippen LogP contribution is -2.15. The van der Waals surface area contributed by atoms with E-state index in [0.29, 0.717) is 27.2 Å². The van der Waals surface area contributed by atoms with Crippen LogP contribution in [0.1, 0.15) is 21.7 Å². The van der Waals surface area contributed by atoms with Gasteiger partial charge in [-0.2, -0.15) is 0 Å². The summed E-state index contributed by atoms with van der Waals surface area (Å²) in [6.07, 6.45) is 0. The van der Waals surface area contributed by atoms with Crippen LogP contribution in [0.2, 0.25) is 10.0 Å². The van der Waals surface area contributed by atoms with Gasteiger partial charge in [0.2, 0.25) is 5.82 Å². The minimum absolute atomic E-state index is 0.0361. The molecule has 1 aromatic heterocycles. The van der Waals surface area contributed by atoms with E-state index in [4.69, 9.17) is 23.2 Å². The molecule has 0 aliphatic carbocycles. The number of hydrogen-bond acceptors (Lipinski definition) is 3. The number of nitrogens with zero attached hydrogens (tertiary/aromatic N) is 3. The highest BCUT2D eigenvalue weighted by Gasteiger charge is 2.20. The van der Waals surface area contributed by atoms with Crippen molar-refractivity contribution in [3.8, 4) is 17.1 Å².